The first-order chi connectivity index (χ1) is 9.47. The van der Waals surface area contributed by atoms with Crippen molar-refractivity contribution < 1.29 is 14.7 Å². The Bertz CT molecular complexity index is 634. The lowest BCUT2D eigenvalue weighted by atomic mass is 10.4. The molecule has 2 rings (SSSR count). The summed E-state index contributed by atoms with van der Waals surface area (Å²) in [4.78, 5) is 27.1. The molecule has 0 spiro atoms. The fourth-order valence-electron chi connectivity index (χ4n) is 1.35. The number of thiophene rings is 1. The van der Waals surface area contributed by atoms with Crippen LogP contribution in [0.1, 0.15) is 25.2 Å². The lowest BCUT2D eigenvalue weighted by Crippen LogP contribution is -2.24. The maximum atomic E-state index is 11.9. The van der Waals surface area contributed by atoms with Crippen molar-refractivity contribution in [2.24, 2.45) is 0 Å². The van der Waals surface area contributed by atoms with E-state index < -0.39 is 5.97 Å². The lowest BCUT2D eigenvalue weighted by Gasteiger charge is -2.01. The Morgan fingerprint density at radius 1 is 1.40 bits per heavy atom. The smallest absolute Gasteiger partial charge is 0.355 e. The van der Waals surface area contributed by atoms with Crippen LogP contribution in [0, 0.1) is 0 Å². The first-order valence-corrected chi connectivity index (χ1v) is 8.66. The van der Waals surface area contributed by atoms with Crippen LogP contribution in [0.4, 0.5) is 0 Å². The summed E-state index contributed by atoms with van der Waals surface area (Å²) in [6, 6.07) is 1.75. The fraction of sp³-hybridized carbons (Fsp3) is 0.182. The Balaban J connectivity index is 1.86. The SMILES string of the molecule is O=C(O)c1csc(CCNC(=O)c2cc(Br)c(Br)s2)n1. The van der Waals surface area contributed by atoms with E-state index in [4.69, 9.17) is 5.11 Å². The number of hydrogen-bond donors (Lipinski definition) is 2. The molecule has 20 heavy (non-hydrogen) atoms. The second-order valence-corrected chi connectivity index (χ2v) is 7.84. The summed E-state index contributed by atoms with van der Waals surface area (Å²) in [5, 5.41) is 13.7. The van der Waals surface area contributed by atoms with Gasteiger partial charge in [0, 0.05) is 22.8 Å². The number of carbonyl (C=O) groups excluding carboxylic acids is 1. The Hall–Kier alpha value is -0.770. The number of aromatic carboxylic acids is 1. The van der Waals surface area contributed by atoms with Crippen LogP contribution in [0.2, 0.25) is 0 Å². The van der Waals surface area contributed by atoms with E-state index in [0.717, 1.165) is 8.26 Å². The van der Waals surface area contributed by atoms with Gasteiger partial charge in [0.2, 0.25) is 0 Å². The number of halogens is 2. The second-order valence-electron chi connectivity index (χ2n) is 3.67. The van der Waals surface area contributed by atoms with Crippen LogP contribution in [-0.4, -0.2) is 28.5 Å². The number of hydrogen-bond acceptors (Lipinski definition) is 5. The predicted molar refractivity (Wildman–Crippen MR) is 84.8 cm³/mol. The Kier molecular flexibility index (Phi) is 5.30. The largest absolute Gasteiger partial charge is 0.476 e. The van der Waals surface area contributed by atoms with Crippen molar-refractivity contribution in [1.82, 2.24) is 10.3 Å². The molecule has 0 bridgehead atoms. The molecular weight excluding hydrogens is 432 g/mol. The number of nitrogens with zero attached hydrogens (tertiary/aromatic N) is 1. The van der Waals surface area contributed by atoms with E-state index >= 15 is 0 Å². The number of thiazole rings is 1. The van der Waals surface area contributed by atoms with Crippen LogP contribution >= 0.6 is 54.5 Å². The van der Waals surface area contributed by atoms with Gasteiger partial charge in [0.05, 0.1) is 13.7 Å². The average Bonchev–Trinajstić information content (AvgIpc) is 2.98. The highest BCUT2D eigenvalue weighted by molar-refractivity contribution is 9.13. The average molecular weight is 440 g/mol. The van der Waals surface area contributed by atoms with Gasteiger partial charge in [0.15, 0.2) is 5.69 Å². The predicted octanol–water partition coefficient (Wildman–Crippen LogP) is 3.40. The number of carboxylic acid groups (broad SMARTS) is 1. The molecule has 0 aromatic carbocycles. The third-order valence-corrected chi connectivity index (χ3v) is 6.43. The van der Waals surface area contributed by atoms with Gasteiger partial charge in [-0.15, -0.1) is 22.7 Å². The number of carboxylic acids is 1. The van der Waals surface area contributed by atoms with E-state index in [9.17, 15) is 9.59 Å². The molecule has 0 radical (unpaired) electrons. The summed E-state index contributed by atoms with van der Waals surface area (Å²) < 4.78 is 1.72. The molecule has 0 saturated heterocycles. The Morgan fingerprint density at radius 3 is 2.70 bits per heavy atom. The van der Waals surface area contributed by atoms with Crippen LogP contribution < -0.4 is 5.32 Å². The van der Waals surface area contributed by atoms with Crippen molar-refractivity contribution in [3.05, 3.63) is 35.3 Å². The molecule has 0 fully saturated rings. The summed E-state index contributed by atoms with van der Waals surface area (Å²) >= 11 is 9.28. The summed E-state index contributed by atoms with van der Waals surface area (Å²) in [7, 11) is 0. The number of carbonyl (C=O) groups is 2. The fourth-order valence-corrected chi connectivity index (χ4v) is 4.08. The highest BCUT2D eigenvalue weighted by Gasteiger charge is 2.12. The third-order valence-electron chi connectivity index (χ3n) is 2.26. The first kappa shape index (κ1) is 15.6. The van der Waals surface area contributed by atoms with Crippen LogP contribution in [-0.2, 0) is 6.42 Å². The molecule has 0 atom stereocenters. The minimum Gasteiger partial charge on any atom is -0.476 e. The lowest BCUT2D eigenvalue weighted by molar-refractivity contribution is 0.0690. The normalized spacial score (nSPS) is 10.5. The van der Waals surface area contributed by atoms with Gasteiger partial charge in [-0.1, -0.05) is 0 Å². The number of amides is 1. The molecule has 0 unspecified atom stereocenters. The van der Waals surface area contributed by atoms with E-state index in [1.165, 1.54) is 28.1 Å². The molecule has 2 aromatic rings. The van der Waals surface area contributed by atoms with Crippen molar-refractivity contribution in [3.63, 3.8) is 0 Å². The van der Waals surface area contributed by atoms with Gasteiger partial charge >= 0.3 is 5.97 Å². The first-order valence-electron chi connectivity index (χ1n) is 5.38. The highest BCUT2D eigenvalue weighted by atomic mass is 79.9. The summed E-state index contributed by atoms with van der Waals surface area (Å²) in [6.45, 7) is 0.415. The van der Waals surface area contributed by atoms with E-state index in [-0.39, 0.29) is 11.6 Å². The molecule has 2 heterocycles. The second kappa shape index (κ2) is 6.79. The Labute approximate surface area is 139 Å². The maximum absolute atomic E-state index is 11.9. The summed E-state index contributed by atoms with van der Waals surface area (Å²) in [6.07, 6.45) is 0.511. The summed E-state index contributed by atoms with van der Waals surface area (Å²) in [5.41, 5.74) is 0.0439. The highest BCUT2D eigenvalue weighted by Crippen LogP contribution is 2.32. The Morgan fingerprint density at radius 2 is 2.15 bits per heavy atom. The molecule has 0 saturated carbocycles. The van der Waals surface area contributed by atoms with Gasteiger partial charge < -0.3 is 10.4 Å². The van der Waals surface area contributed by atoms with Gasteiger partial charge in [0.25, 0.3) is 5.91 Å². The van der Waals surface area contributed by atoms with Gasteiger partial charge in [0.1, 0.15) is 0 Å². The van der Waals surface area contributed by atoms with E-state index in [1.54, 1.807) is 6.07 Å². The zero-order valence-corrected chi connectivity index (χ0v) is 14.7. The summed E-state index contributed by atoms with van der Waals surface area (Å²) in [5.74, 6) is -1.19. The number of nitrogens with one attached hydrogen (secondary N) is 1. The molecular formula is C11H8Br2N2O3S2. The monoisotopic (exact) mass is 438 g/mol. The standard InChI is InChI=1S/C11H8Br2N2O3S2/c12-5-3-7(20-9(5)13)10(16)14-2-1-8-15-6(4-19-8)11(17)18/h3-4H,1-2H2,(H,14,16)(H,17,18). The number of rotatable bonds is 5. The van der Waals surface area contributed by atoms with Crippen molar-refractivity contribution in [2.75, 3.05) is 6.54 Å². The van der Waals surface area contributed by atoms with Crippen molar-refractivity contribution in [3.8, 4) is 0 Å². The van der Waals surface area contributed by atoms with Gasteiger partial charge in [-0.2, -0.15) is 0 Å². The van der Waals surface area contributed by atoms with Gasteiger partial charge in [-0.05, 0) is 37.9 Å². The molecule has 1 amide bonds. The van der Waals surface area contributed by atoms with Crippen LogP contribution in [0.3, 0.4) is 0 Å². The zero-order valence-electron chi connectivity index (χ0n) is 9.85. The zero-order chi connectivity index (χ0) is 14.7. The molecule has 9 heteroatoms. The van der Waals surface area contributed by atoms with Crippen molar-refractivity contribution in [2.45, 2.75) is 6.42 Å². The van der Waals surface area contributed by atoms with Gasteiger partial charge in [-0.3, -0.25) is 4.79 Å². The molecule has 5 nitrogen and oxygen atoms in total. The molecule has 2 aromatic heterocycles. The van der Waals surface area contributed by atoms with E-state index in [0.29, 0.717) is 22.9 Å². The topological polar surface area (TPSA) is 79.3 Å². The van der Waals surface area contributed by atoms with Crippen LogP contribution in [0.5, 0.6) is 0 Å². The third kappa shape index (κ3) is 3.87. The van der Waals surface area contributed by atoms with E-state index in [2.05, 4.69) is 42.2 Å². The number of aromatic nitrogens is 1. The van der Waals surface area contributed by atoms with Gasteiger partial charge in [-0.25, -0.2) is 9.78 Å². The molecule has 0 aliphatic rings. The molecule has 0 aliphatic carbocycles. The van der Waals surface area contributed by atoms with Crippen molar-refractivity contribution >= 4 is 66.4 Å². The minimum absolute atomic E-state index is 0.0439. The van der Waals surface area contributed by atoms with Crippen LogP contribution in [0.15, 0.2) is 19.7 Å². The molecule has 106 valence electrons. The minimum atomic E-state index is -1.04. The van der Waals surface area contributed by atoms with Crippen LogP contribution in [0.25, 0.3) is 0 Å². The maximum Gasteiger partial charge on any atom is 0.355 e. The quantitative estimate of drug-likeness (QED) is 0.748. The van der Waals surface area contributed by atoms with E-state index in [1.807, 2.05) is 0 Å². The molecule has 2 N–H and O–H groups in total. The van der Waals surface area contributed by atoms with Crippen molar-refractivity contribution in [1.29, 1.82) is 0 Å². The molecule has 0 aliphatic heterocycles.